The molecule has 1 aromatic heterocycles. The average Bonchev–Trinajstić information content (AvgIpc) is 0.893. The molecular formula is C103H97NO6. The van der Waals surface area contributed by atoms with E-state index in [2.05, 4.69) is 189 Å². The molecule has 7 heteroatoms. The second-order valence-corrected chi connectivity index (χ2v) is 25.4. The predicted octanol–water partition coefficient (Wildman–Crippen LogP) is 25.0. The summed E-state index contributed by atoms with van der Waals surface area (Å²) < 4.78 is 14.0. The van der Waals surface area contributed by atoms with Gasteiger partial charge in [0.2, 0.25) is 0 Å². The fourth-order valence-corrected chi connectivity index (χ4v) is 12.4. The maximum absolute atomic E-state index is 12.6. The fourth-order valence-electron chi connectivity index (χ4n) is 12.4. The minimum atomic E-state index is -0.722. The van der Waals surface area contributed by atoms with Crippen LogP contribution in [0.25, 0.3) is 52.2 Å². The molecule has 550 valence electrons. The number of Topliss-reactive ketones (excluding diaryl/α,β-unsaturated/α-hetero) is 1. The zero-order chi connectivity index (χ0) is 78.0. The lowest BCUT2D eigenvalue weighted by atomic mass is 9.80. The van der Waals surface area contributed by atoms with Crippen molar-refractivity contribution in [1.29, 1.82) is 0 Å². The van der Waals surface area contributed by atoms with Crippen LogP contribution in [-0.4, -0.2) is 41.1 Å². The minimum absolute atomic E-state index is 0.0301. The van der Waals surface area contributed by atoms with Crippen LogP contribution in [0.3, 0.4) is 0 Å². The molecule has 0 spiro atoms. The van der Waals surface area contributed by atoms with Gasteiger partial charge in [0.25, 0.3) is 0 Å². The van der Waals surface area contributed by atoms with Gasteiger partial charge in [-0.2, -0.15) is 0 Å². The monoisotopic (exact) mass is 1440 g/mol. The predicted molar refractivity (Wildman–Crippen MR) is 462 cm³/mol. The van der Waals surface area contributed by atoms with Gasteiger partial charge in [-0.15, -0.1) is 0 Å². The lowest BCUT2D eigenvalue weighted by Crippen LogP contribution is -2.33. The Bertz CT molecular complexity index is 4850. The van der Waals surface area contributed by atoms with E-state index in [4.69, 9.17) is 9.47 Å². The third kappa shape index (κ3) is 24.7. The molecule has 7 nitrogen and oxygen atoms in total. The SMILES string of the molecule is C/C=C/c1ccc(Cc2ccccc2)cc1.C=Cc1ccccc1.C=Cc1ccccc1.C=Cc1ccccc1.C=Cc1ccccc1.CC(=O)Cc1cccc2c1C(=O)c1ccccc1C2=O.CC(=O)OCCCOC(c1ccccc1)(c1ccccc1)c1ccccc1.CCn1c2ccccc2c2ccccc21. The molecule has 1 aliphatic rings. The van der Waals surface area contributed by atoms with E-state index in [-0.39, 0.29) is 29.7 Å². The highest BCUT2D eigenvalue weighted by atomic mass is 16.5. The average molecular weight is 1440 g/mol. The lowest BCUT2D eigenvalue weighted by Gasteiger charge is -2.36. The largest absolute Gasteiger partial charge is 0.466 e. The van der Waals surface area contributed by atoms with Crippen molar-refractivity contribution in [2.75, 3.05) is 13.2 Å². The van der Waals surface area contributed by atoms with Crippen LogP contribution < -0.4 is 0 Å². The Morgan fingerprint density at radius 1 is 0.382 bits per heavy atom. The van der Waals surface area contributed by atoms with E-state index in [0.717, 1.165) is 29.7 Å². The van der Waals surface area contributed by atoms with Crippen LogP contribution in [0.2, 0.25) is 0 Å². The Morgan fingerprint density at radius 3 is 1.11 bits per heavy atom. The molecule has 0 atom stereocenters. The van der Waals surface area contributed by atoms with E-state index in [9.17, 15) is 19.2 Å². The number of ketones is 3. The van der Waals surface area contributed by atoms with Crippen LogP contribution in [0.1, 0.15) is 127 Å². The van der Waals surface area contributed by atoms with Crippen LogP contribution in [-0.2, 0) is 44.1 Å². The normalized spacial score (nSPS) is 10.7. The summed E-state index contributed by atoms with van der Waals surface area (Å²) in [6.45, 7) is 23.5. The number of esters is 1. The highest BCUT2D eigenvalue weighted by Gasteiger charge is 2.37. The van der Waals surface area contributed by atoms with E-state index >= 15 is 0 Å². The number of benzene rings is 13. The first-order valence-electron chi connectivity index (χ1n) is 37.0. The topological polar surface area (TPSA) is 91.7 Å². The summed E-state index contributed by atoms with van der Waals surface area (Å²) in [6, 6.07) is 119. The van der Waals surface area contributed by atoms with Gasteiger partial charge in [-0.05, 0) is 101 Å². The van der Waals surface area contributed by atoms with E-state index in [0.29, 0.717) is 47.5 Å². The first-order chi connectivity index (χ1) is 53.8. The Hall–Kier alpha value is -13.2. The zero-order valence-corrected chi connectivity index (χ0v) is 63.5. The van der Waals surface area contributed by atoms with Gasteiger partial charge in [0, 0.05) is 70.4 Å². The Balaban J connectivity index is 0.000000165. The molecule has 0 aliphatic heterocycles. The molecule has 0 amide bonds. The molecule has 15 rings (SSSR count). The quantitative estimate of drug-likeness (QED) is 0.0483. The summed E-state index contributed by atoms with van der Waals surface area (Å²) in [5.41, 5.74) is 16.1. The highest BCUT2D eigenvalue weighted by Crippen LogP contribution is 2.41. The number of fused-ring (bicyclic) bond motifs is 5. The van der Waals surface area contributed by atoms with Gasteiger partial charge in [0.05, 0.1) is 13.2 Å². The molecule has 0 saturated carbocycles. The first-order valence-corrected chi connectivity index (χ1v) is 37.0. The summed E-state index contributed by atoms with van der Waals surface area (Å²) in [5, 5.41) is 2.71. The number of ether oxygens (including phenoxy) is 2. The number of rotatable bonds is 18. The van der Waals surface area contributed by atoms with Crippen molar-refractivity contribution in [1.82, 2.24) is 4.57 Å². The maximum Gasteiger partial charge on any atom is 0.302 e. The minimum Gasteiger partial charge on any atom is -0.466 e. The zero-order valence-electron chi connectivity index (χ0n) is 63.5. The number of carbonyl (C=O) groups is 4. The molecule has 0 unspecified atom stereocenters. The third-order valence-electron chi connectivity index (χ3n) is 17.7. The number of para-hydroxylation sites is 2. The molecule has 0 N–H and O–H groups in total. The number of aromatic nitrogens is 1. The van der Waals surface area contributed by atoms with Gasteiger partial charge in [0.1, 0.15) is 11.4 Å². The molecule has 0 radical (unpaired) electrons. The Morgan fingerprint density at radius 2 is 0.736 bits per heavy atom. The highest BCUT2D eigenvalue weighted by molar-refractivity contribution is 6.29. The van der Waals surface area contributed by atoms with Gasteiger partial charge in [-0.25, -0.2) is 0 Å². The molecule has 0 bridgehead atoms. The molecule has 1 aliphatic carbocycles. The molecule has 110 heavy (non-hydrogen) atoms. The van der Waals surface area contributed by atoms with Crippen LogP contribution >= 0.6 is 0 Å². The van der Waals surface area contributed by atoms with Gasteiger partial charge >= 0.3 is 5.97 Å². The maximum atomic E-state index is 12.6. The summed E-state index contributed by atoms with van der Waals surface area (Å²) in [5.74, 6) is -0.624. The third-order valence-corrected chi connectivity index (χ3v) is 17.7. The van der Waals surface area contributed by atoms with E-state index in [1.807, 2.05) is 207 Å². The summed E-state index contributed by atoms with van der Waals surface area (Å²) in [7, 11) is 0. The molecule has 13 aromatic carbocycles. The van der Waals surface area contributed by atoms with Crippen LogP contribution in [0.5, 0.6) is 0 Å². The van der Waals surface area contributed by atoms with Crippen molar-refractivity contribution < 1.29 is 28.7 Å². The van der Waals surface area contributed by atoms with E-state index in [1.165, 1.54) is 74.6 Å². The number of aryl methyl sites for hydroxylation is 1. The fraction of sp³-hybridized carbons (Fsp3) is 0.107. The summed E-state index contributed by atoms with van der Waals surface area (Å²) >= 11 is 0. The summed E-state index contributed by atoms with van der Waals surface area (Å²) in [4.78, 5) is 47.4. The van der Waals surface area contributed by atoms with Crippen molar-refractivity contribution in [2.24, 2.45) is 0 Å². The molecule has 14 aromatic rings. The van der Waals surface area contributed by atoms with E-state index in [1.54, 1.807) is 42.5 Å². The molecular weight excluding hydrogens is 1350 g/mol. The van der Waals surface area contributed by atoms with Crippen molar-refractivity contribution >= 4 is 75.5 Å². The first kappa shape index (κ1) is 82.5. The van der Waals surface area contributed by atoms with Gasteiger partial charge < -0.3 is 14.0 Å². The number of carbonyl (C=O) groups excluding carboxylic acids is 4. The Labute approximate surface area is 650 Å². The summed E-state index contributed by atoms with van der Waals surface area (Å²) in [6.07, 6.45) is 13.3. The number of nitrogens with zero attached hydrogens (tertiary/aromatic N) is 1. The molecule has 1 heterocycles. The van der Waals surface area contributed by atoms with Crippen LogP contribution in [0, 0.1) is 0 Å². The van der Waals surface area contributed by atoms with Gasteiger partial charge in [-0.1, -0.05) is 409 Å². The Kier molecular flexibility index (Phi) is 34.0. The van der Waals surface area contributed by atoms with Crippen molar-refractivity contribution in [3.8, 4) is 0 Å². The number of allylic oxidation sites excluding steroid dienone is 1. The lowest BCUT2D eigenvalue weighted by molar-refractivity contribution is -0.141. The molecule has 0 saturated heterocycles. The second-order valence-electron chi connectivity index (χ2n) is 25.4. The van der Waals surface area contributed by atoms with Gasteiger partial charge in [-0.3, -0.25) is 19.2 Å². The van der Waals surface area contributed by atoms with Crippen molar-refractivity contribution in [3.63, 3.8) is 0 Å². The van der Waals surface area contributed by atoms with Crippen molar-refractivity contribution in [3.05, 3.63) is 474 Å². The van der Waals surface area contributed by atoms with E-state index < -0.39 is 5.60 Å². The standard InChI is InChI=1S/C24H24O3.C17H12O3.C16H16.C14H13N.4C8H8/c1-20(25)26-18-11-19-27-24(21-12-5-2-6-13-21,22-14-7-3-8-15-22)23-16-9-4-10-17-23;1-10(18)9-11-5-4-8-14-15(11)17(20)13-7-3-2-6-12(13)16(14)19;1-2-6-14-9-11-16(12-10-14)13-15-7-4-3-5-8-15;1-2-15-13-9-5-3-7-11(13)12-8-4-6-10-14(12)15;4*1-2-8-6-4-3-5-7-8/h2-10,12-17H,11,18-19H2,1H3;2-8H,9H2,1H3;2-12H,13H2,1H3;3-10H,2H2,1H3;4*2-7H,1H2/b;;6-2+;;;;;. The molecule has 0 fully saturated rings. The number of hydrogen-bond acceptors (Lipinski definition) is 6. The second kappa shape index (κ2) is 45.3. The van der Waals surface area contributed by atoms with Crippen LogP contribution in [0.15, 0.2) is 390 Å². The smallest absolute Gasteiger partial charge is 0.302 e. The number of hydrogen-bond donors (Lipinski definition) is 0. The van der Waals surface area contributed by atoms with Crippen LogP contribution in [0.4, 0.5) is 0 Å². The van der Waals surface area contributed by atoms with Gasteiger partial charge in [0.15, 0.2) is 11.6 Å². The van der Waals surface area contributed by atoms with Crippen molar-refractivity contribution in [2.45, 2.75) is 59.1 Å².